The lowest BCUT2D eigenvalue weighted by atomic mass is 10.2. The van der Waals surface area contributed by atoms with Crippen molar-refractivity contribution in [2.75, 3.05) is 23.7 Å². The van der Waals surface area contributed by atoms with Gasteiger partial charge in [-0.05, 0) is 57.4 Å². The fourth-order valence-corrected chi connectivity index (χ4v) is 1.96. The molecule has 1 saturated carbocycles. The summed E-state index contributed by atoms with van der Waals surface area (Å²) in [4.78, 5) is 11.8. The lowest BCUT2D eigenvalue weighted by molar-refractivity contribution is -0.115. The van der Waals surface area contributed by atoms with Crippen molar-refractivity contribution in [3.8, 4) is 0 Å². The normalized spacial score (nSPS) is 13.1. The van der Waals surface area contributed by atoms with Crippen LogP contribution in [0.15, 0.2) is 18.2 Å². The van der Waals surface area contributed by atoms with Crippen molar-refractivity contribution in [3.63, 3.8) is 0 Å². The Balaban J connectivity index is 0.00000220. The van der Waals surface area contributed by atoms with Gasteiger partial charge in [0.05, 0.1) is 17.9 Å². The van der Waals surface area contributed by atoms with Crippen LogP contribution in [0.2, 0.25) is 0 Å². The van der Waals surface area contributed by atoms with Crippen molar-refractivity contribution in [2.24, 2.45) is 5.92 Å². The molecule has 1 aliphatic carbocycles. The predicted molar refractivity (Wildman–Crippen MR) is 93.9 cm³/mol. The maximum atomic E-state index is 13.3. The Morgan fingerprint density at radius 3 is 2.55 bits per heavy atom. The van der Waals surface area contributed by atoms with Gasteiger partial charge in [-0.15, -0.1) is 24.8 Å². The van der Waals surface area contributed by atoms with E-state index in [0.717, 1.165) is 18.2 Å². The summed E-state index contributed by atoms with van der Waals surface area (Å²) in [7, 11) is 0. The second-order valence-corrected chi connectivity index (χ2v) is 5.61. The van der Waals surface area contributed by atoms with Crippen molar-refractivity contribution in [1.82, 2.24) is 5.32 Å². The summed E-state index contributed by atoms with van der Waals surface area (Å²) in [6.07, 6.45) is 2.50. The predicted octanol–water partition coefficient (Wildman–Crippen LogP) is 3.43. The van der Waals surface area contributed by atoms with Crippen molar-refractivity contribution in [3.05, 3.63) is 24.0 Å². The summed E-state index contributed by atoms with van der Waals surface area (Å²) in [6, 6.07) is 4.57. The number of anilines is 2. The molecule has 2 rings (SSSR count). The Hall–Kier alpha value is -1.04. The number of hydrogen-bond donors (Lipinski definition) is 3. The number of carbonyl (C=O) groups is 1. The Morgan fingerprint density at radius 1 is 1.27 bits per heavy atom. The zero-order valence-electron chi connectivity index (χ0n) is 12.8. The molecule has 0 radical (unpaired) electrons. The lowest BCUT2D eigenvalue weighted by Gasteiger charge is -2.15. The Morgan fingerprint density at radius 2 is 1.95 bits per heavy atom. The molecule has 1 aliphatic rings. The molecule has 0 unspecified atom stereocenters. The molecule has 1 fully saturated rings. The zero-order chi connectivity index (χ0) is 14.5. The molecular formula is C15H24Cl2FN3O. The Labute approximate surface area is 143 Å². The molecule has 0 spiro atoms. The highest BCUT2D eigenvalue weighted by molar-refractivity contribution is 5.95. The maximum Gasteiger partial charge on any atom is 0.238 e. The van der Waals surface area contributed by atoms with E-state index in [4.69, 9.17) is 0 Å². The van der Waals surface area contributed by atoms with Crippen LogP contribution in [-0.4, -0.2) is 25.0 Å². The molecule has 4 nitrogen and oxygen atoms in total. The highest BCUT2D eigenvalue weighted by Crippen LogP contribution is 2.27. The summed E-state index contributed by atoms with van der Waals surface area (Å²) < 4.78 is 13.3. The highest BCUT2D eigenvalue weighted by Gasteiger charge is 2.20. The van der Waals surface area contributed by atoms with Gasteiger partial charge in [-0.1, -0.05) is 0 Å². The molecule has 0 aliphatic heterocycles. The summed E-state index contributed by atoms with van der Waals surface area (Å²) in [6.45, 7) is 5.13. The van der Waals surface area contributed by atoms with Gasteiger partial charge in [-0.2, -0.15) is 0 Å². The third-order valence-corrected chi connectivity index (χ3v) is 3.12. The van der Waals surface area contributed by atoms with Crippen LogP contribution in [0.1, 0.15) is 26.7 Å². The summed E-state index contributed by atoms with van der Waals surface area (Å²) in [5, 5.41) is 9.05. The van der Waals surface area contributed by atoms with Crippen LogP contribution in [0.4, 0.5) is 15.8 Å². The number of carbonyl (C=O) groups excluding carboxylic acids is 1. The van der Waals surface area contributed by atoms with Gasteiger partial charge in [-0.25, -0.2) is 4.39 Å². The fraction of sp³-hybridized carbons (Fsp3) is 0.533. The van der Waals surface area contributed by atoms with Gasteiger partial charge >= 0.3 is 0 Å². The van der Waals surface area contributed by atoms with E-state index in [9.17, 15) is 9.18 Å². The van der Waals surface area contributed by atoms with E-state index in [1.165, 1.54) is 25.0 Å². The Bertz CT molecular complexity index is 482. The number of rotatable bonds is 7. The second-order valence-electron chi connectivity index (χ2n) is 5.61. The molecule has 1 amide bonds. The monoisotopic (exact) mass is 351 g/mol. The number of nitrogens with one attached hydrogen (secondary N) is 3. The minimum Gasteiger partial charge on any atom is -0.381 e. The molecule has 7 heteroatoms. The van der Waals surface area contributed by atoms with Crippen LogP contribution in [0, 0.1) is 11.7 Å². The lowest BCUT2D eigenvalue weighted by Crippen LogP contribution is -2.29. The topological polar surface area (TPSA) is 53.2 Å². The van der Waals surface area contributed by atoms with Crippen LogP contribution in [0.5, 0.6) is 0 Å². The first kappa shape index (κ1) is 21.0. The van der Waals surface area contributed by atoms with Crippen molar-refractivity contribution in [1.29, 1.82) is 0 Å². The van der Waals surface area contributed by atoms with Gasteiger partial charge < -0.3 is 16.0 Å². The molecule has 3 N–H and O–H groups in total. The highest BCUT2D eigenvalue weighted by atomic mass is 35.5. The summed E-state index contributed by atoms with van der Waals surface area (Å²) in [5.41, 5.74) is 1.22. The minimum absolute atomic E-state index is 0. The van der Waals surface area contributed by atoms with Crippen LogP contribution in [0.25, 0.3) is 0 Å². The zero-order valence-corrected chi connectivity index (χ0v) is 14.5. The molecule has 0 aromatic heterocycles. The van der Waals surface area contributed by atoms with E-state index < -0.39 is 0 Å². The first-order valence-corrected chi connectivity index (χ1v) is 7.11. The smallest absolute Gasteiger partial charge is 0.238 e. The van der Waals surface area contributed by atoms with Crippen molar-refractivity contribution < 1.29 is 9.18 Å². The number of hydrogen-bond acceptors (Lipinski definition) is 3. The van der Waals surface area contributed by atoms with E-state index >= 15 is 0 Å². The molecule has 0 heterocycles. The van der Waals surface area contributed by atoms with Gasteiger partial charge in [0.2, 0.25) is 5.91 Å². The first-order valence-electron chi connectivity index (χ1n) is 7.11. The van der Waals surface area contributed by atoms with Crippen LogP contribution in [-0.2, 0) is 4.79 Å². The largest absolute Gasteiger partial charge is 0.381 e. The van der Waals surface area contributed by atoms with E-state index in [2.05, 4.69) is 16.0 Å². The summed E-state index contributed by atoms with van der Waals surface area (Å²) in [5.74, 6) is 0.221. The fourth-order valence-electron chi connectivity index (χ4n) is 1.96. The third kappa shape index (κ3) is 7.29. The second kappa shape index (κ2) is 9.87. The van der Waals surface area contributed by atoms with Crippen molar-refractivity contribution >= 4 is 42.1 Å². The average molecular weight is 352 g/mol. The van der Waals surface area contributed by atoms with Crippen molar-refractivity contribution in [2.45, 2.75) is 32.7 Å². The van der Waals surface area contributed by atoms with E-state index in [1.54, 1.807) is 6.07 Å². The number of benzene rings is 1. The molecule has 22 heavy (non-hydrogen) atoms. The Kier molecular flexibility index (Phi) is 9.41. The molecule has 0 saturated heterocycles. The van der Waals surface area contributed by atoms with Crippen LogP contribution in [0.3, 0.4) is 0 Å². The van der Waals surface area contributed by atoms with E-state index in [0.29, 0.717) is 5.69 Å². The van der Waals surface area contributed by atoms with E-state index in [-0.39, 0.29) is 49.1 Å². The third-order valence-electron chi connectivity index (χ3n) is 3.12. The number of amides is 1. The van der Waals surface area contributed by atoms with Crippen LogP contribution >= 0.6 is 24.8 Å². The average Bonchev–Trinajstić information content (AvgIpc) is 3.16. The summed E-state index contributed by atoms with van der Waals surface area (Å²) >= 11 is 0. The molecule has 0 bridgehead atoms. The maximum absolute atomic E-state index is 13.3. The minimum atomic E-state index is -0.361. The van der Waals surface area contributed by atoms with Crippen LogP contribution < -0.4 is 16.0 Å². The van der Waals surface area contributed by atoms with Gasteiger partial charge in [0.1, 0.15) is 5.82 Å². The molecule has 1 aromatic rings. The van der Waals surface area contributed by atoms with Gasteiger partial charge in [-0.3, -0.25) is 4.79 Å². The molecule has 0 atom stereocenters. The quantitative estimate of drug-likeness (QED) is 0.705. The molecular weight excluding hydrogens is 328 g/mol. The van der Waals surface area contributed by atoms with Gasteiger partial charge in [0, 0.05) is 6.04 Å². The van der Waals surface area contributed by atoms with Gasteiger partial charge in [0.15, 0.2) is 0 Å². The first-order chi connectivity index (χ1) is 9.54. The standard InChI is InChI=1S/C15H22FN3O.2ClH/c1-10(2)18-13-6-5-12(16)7-14(13)19-15(20)9-17-8-11-3-4-11;;/h5-7,10-11,17-18H,3-4,8-9H2,1-2H3,(H,19,20);2*1H. The van der Waals surface area contributed by atoms with E-state index in [1.807, 2.05) is 13.8 Å². The number of halogens is 3. The molecule has 126 valence electrons. The molecule has 1 aromatic carbocycles. The van der Waals surface area contributed by atoms with Gasteiger partial charge in [0.25, 0.3) is 0 Å². The SMILES string of the molecule is CC(C)Nc1ccc(F)cc1NC(=O)CNCC1CC1.Cl.Cl.